The summed E-state index contributed by atoms with van der Waals surface area (Å²) in [6.07, 6.45) is 9.04. The number of piperidine rings is 1. The maximum Gasteiger partial charge on any atom is 0.222 e. The summed E-state index contributed by atoms with van der Waals surface area (Å²) in [5.74, 6) is 0.178. The van der Waals surface area contributed by atoms with Crippen LogP contribution in [0.2, 0.25) is 0 Å². The second-order valence-corrected chi connectivity index (χ2v) is 6.60. The van der Waals surface area contributed by atoms with E-state index in [1.807, 2.05) is 64.8 Å². The number of rotatable bonds is 4. The van der Waals surface area contributed by atoms with Crippen LogP contribution in [-0.2, 0) is 18.4 Å². The number of amides is 1. The maximum atomic E-state index is 12.2. The van der Waals surface area contributed by atoms with Crippen molar-refractivity contribution >= 4 is 11.6 Å². The molecule has 3 aromatic heterocycles. The molecule has 25 heavy (non-hydrogen) atoms. The number of hydrogen-bond acceptors (Lipinski definition) is 4. The summed E-state index contributed by atoms with van der Waals surface area (Å²) in [5.41, 5.74) is 2.98. The molecule has 0 bridgehead atoms. The molecule has 0 aliphatic carbocycles. The molecule has 0 unspecified atom stereocenters. The highest BCUT2D eigenvalue weighted by atomic mass is 16.2. The average molecular weight is 338 g/mol. The number of nitrogens with zero attached hydrogens (tertiary/aromatic N) is 5. The van der Waals surface area contributed by atoms with E-state index in [-0.39, 0.29) is 18.0 Å². The smallest absolute Gasteiger partial charge is 0.222 e. The van der Waals surface area contributed by atoms with Gasteiger partial charge in [0.2, 0.25) is 5.91 Å². The van der Waals surface area contributed by atoms with Crippen LogP contribution in [0.25, 0.3) is 5.65 Å². The average Bonchev–Trinajstić information content (AvgIpc) is 3.21. The highest BCUT2D eigenvalue weighted by Crippen LogP contribution is 2.30. The van der Waals surface area contributed by atoms with Gasteiger partial charge in [0.1, 0.15) is 5.65 Å². The number of hydrogen-bond donors (Lipinski definition) is 1. The molecule has 7 nitrogen and oxygen atoms in total. The summed E-state index contributed by atoms with van der Waals surface area (Å²) >= 11 is 0. The molecule has 2 atom stereocenters. The lowest BCUT2D eigenvalue weighted by molar-refractivity contribution is -0.136. The minimum Gasteiger partial charge on any atom is -0.336 e. The molecule has 7 heteroatoms. The largest absolute Gasteiger partial charge is 0.336 e. The molecule has 0 spiro atoms. The molecular weight excluding hydrogens is 316 g/mol. The molecule has 4 heterocycles. The number of pyridine rings is 1. The van der Waals surface area contributed by atoms with Crippen LogP contribution in [0.5, 0.6) is 0 Å². The molecule has 1 fully saturated rings. The number of likely N-dealkylation sites (tertiary alicyclic amines) is 1. The van der Waals surface area contributed by atoms with E-state index in [1.54, 1.807) is 6.33 Å². The third kappa shape index (κ3) is 2.91. The van der Waals surface area contributed by atoms with Crippen LogP contribution in [0.15, 0.2) is 43.1 Å². The van der Waals surface area contributed by atoms with E-state index in [1.165, 1.54) is 0 Å². The molecule has 130 valence electrons. The van der Waals surface area contributed by atoms with Gasteiger partial charge in [0.05, 0.1) is 30.0 Å². The number of aryl methyl sites for hydroxylation is 1. The fourth-order valence-electron chi connectivity index (χ4n) is 3.62. The quantitative estimate of drug-likeness (QED) is 0.783. The van der Waals surface area contributed by atoms with Gasteiger partial charge in [-0.1, -0.05) is 6.07 Å². The topological polar surface area (TPSA) is 67.5 Å². The highest BCUT2D eigenvalue weighted by Gasteiger charge is 2.36. The SMILES string of the molecule is CN1C(=O)CC[C@@H](NCc2cn3ccccc3n2)[C@@H]1c1cncn1C. The van der Waals surface area contributed by atoms with Crippen molar-refractivity contribution in [1.82, 2.24) is 29.2 Å². The summed E-state index contributed by atoms with van der Waals surface area (Å²) in [4.78, 5) is 22.9. The van der Waals surface area contributed by atoms with Crippen LogP contribution in [0.1, 0.15) is 30.3 Å². The first-order valence-electron chi connectivity index (χ1n) is 8.51. The van der Waals surface area contributed by atoms with Gasteiger partial charge in [0, 0.05) is 45.5 Å². The lowest BCUT2D eigenvalue weighted by Gasteiger charge is -2.39. The van der Waals surface area contributed by atoms with Gasteiger partial charge in [-0.05, 0) is 18.6 Å². The third-order valence-corrected chi connectivity index (χ3v) is 4.98. The number of nitrogens with one attached hydrogen (secondary N) is 1. The number of carbonyl (C=O) groups is 1. The van der Waals surface area contributed by atoms with Gasteiger partial charge in [-0.2, -0.15) is 0 Å². The number of fused-ring (bicyclic) bond motifs is 1. The van der Waals surface area contributed by atoms with Crippen molar-refractivity contribution in [2.75, 3.05) is 7.05 Å². The second kappa shape index (κ2) is 6.33. The van der Waals surface area contributed by atoms with Gasteiger partial charge in [0.25, 0.3) is 0 Å². The van der Waals surface area contributed by atoms with Crippen molar-refractivity contribution in [3.05, 3.63) is 54.5 Å². The first kappa shape index (κ1) is 15.8. The van der Waals surface area contributed by atoms with Gasteiger partial charge < -0.3 is 19.2 Å². The first-order chi connectivity index (χ1) is 12.1. The van der Waals surface area contributed by atoms with Crippen molar-refractivity contribution < 1.29 is 4.79 Å². The Morgan fingerprint density at radius 1 is 1.32 bits per heavy atom. The molecule has 1 saturated heterocycles. The lowest BCUT2D eigenvalue weighted by Crippen LogP contribution is -2.49. The summed E-state index contributed by atoms with van der Waals surface area (Å²) in [7, 11) is 3.84. The zero-order valence-electron chi connectivity index (χ0n) is 14.5. The normalized spacial score (nSPS) is 21.2. The molecule has 0 aromatic carbocycles. The molecule has 4 rings (SSSR count). The Hall–Kier alpha value is -2.67. The second-order valence-electron chi connectivity index (χ2n) is 6.60. The molecule has 0 saturated carbocycles. The van der Waals surface area contributed by atoms with Crippen molar-refractivity contribution in [3.8, 4) is 0 Å². The molecule has 1 aliphatic heterocycles. The maximum absolute atomic E-state index is 12.2. The first-order valence-corrected chi connectivity index (χ1v) is 8.51. The minimum atomic E-state index is -0.0224. The van der Waals surface area contributed by atoms with Gasteiger partial charge in [-0.3, -0.25) is 4.79 Å². The Bertz CT molecular complexity index is 865. The van der Waals surface area contributed by atoms with Crippen LogP contribution in [-0.4, -0.2) is 42.8 Å². The summed E-state index contributed by atoms with van der Waals surface area (Å²) in [6, 6.07) is 6.12. The summed E-state index contributed by atoms with van der Waals surface area (Å²) in [6.45, 7) is 0.669. The molecule has 0 radical (unpaired) electrons. The lowest BCUT2D eigenvalue weighted by atomic mass is 9.93. The molecule has 3 aromatic rings. The summed E-state index contributed by atoms with van der Waals surface area (Å²) < 4.78 is 4.01. The van der Waals surface area contributed by atoms with E-state index in [4.69, 9.17) is 0 Å². The number of aromatic nitrogens is 4. The van der Waals surface area contributed by atoms with Gasteiger partial charge in [-0.15, -0.1) is 0 Å². The standard InChI is InChI=1S/C18H22N6O/c1-22-12-19-10-15(22)18-14(6-7-17(25)23(18)2)20-9-13-11-24-8-4-3-5-16(24)21-13/h3-5,8,10-12,14,18,20H,6-7,9H2,1-2H3/t14-,18-/m1/s1. The van der Waals surface area contributed by atoms with E-state index in [0.29, 0.717) is 13.0 Å². The van der Waals surface area contributed by atoms with Crippen molar-refractivity contribution in [3.63, 3.8) is 0 Å². The van der Waals surface area contributed by atoms with Crippen LogP contribution in [0, 0.1) is 0 Å². The fraction of sp³-hybridized carbons (Fsp3) is 0.389. The van der Waals surface area contributed by atoms with E-state index >= 15 is 0 Å². The van der Waals surface area contributed by atoms with Gasteiger partial charge in [-0.25, -0.2) is 9.97 Å². The van der Waals surface area contributed by atoms with Crippen molar-refractivity contribution in [2.24, 2.45) is 7.05 Å². The molecule has 1 aliphatic rings. The fourth-order valence-corrected chi connectivity index (χ4v) is 3.62. The van der Waals surface area contributed by atoms with Crippen molar-refractivity contribution in [2.45, 2.75) is 31.5 Å². The van der Waals surface area contributed by atoms with Crippen LogP contribution in [0.4, 0.5) is 0 Å². The zero-order chi connectivity index (χ0) is 17.4. The number of carbonyl (C=O) groups excluding carboxylic acids is 1. The molecule has 1 amide bonds. The van der Waals surface area contributed by atoms with E-state index in [9.17, 15) is 4.79 Å². The minimum absolute atomic E-state index is 0.0224. The highest BCUT2D eigenvalue weighted by molar-refractivity contribution is 5.77. The van der Waals surface area contributed by atoms with Crippen LogP contribution < -0.4 is 5.32 Å². The molecular formula is C18H22N6O. The van der Waals surface area contributed by atoms with Crippen molar-refractivity contribution in [1.29, 1.82) is 0 Å². The predicted octanol–water partition coefficient (Wildman–Crippen LogP) is 1.52. The Kier molecular flexibility index (Phi) is 4.01. The summed E-state index contributed by atoms with van der Waals surface area (Å²) in [5, 5.41) is 3.60. The Balaban J connectivity index is 1.55. The molecule has 1 N–H and O–H groups in total. The number of likely N-dealkylation sites (N-methyl/N-ethyl adjacent to an activating group) is 1. The van der Waals surface area contributed by atoms with Crippen LogP contribution in [0.3, 0.4) is 0 Å². The number of imidazole rings is 2. The Morgan fingerprint density at radius 2 is 2.20 bits per heavy atom. The van der Waals surface area contributed by atoms with E-state index in [0.717, 1.165) is 23.5 Å². The Morgan fingerprint density at radius 3 is 2.96 bits per heavy atom. The Labute approximate surface area is 146 Å². The third-order valence-electron chi connectivity index (χ3n) is 4.98. The zero-order valence-corrected chi connectivity index (χ0v) is 14.5. The van der Waals surface area contributed by atoms with Gasteiger partial charge in [0.15, 0.2) is 0 Å². The van der Waals surface area contributed by atoms with E-state index < -0.39 is 0 Å². The monoisotopic (exact) mass is 338 g/mol. The van der Waals surface area contributed by atoms with Gasteiger partial charge >= 0.3 is 0 Å². The van der Waals surface area contributed by atoms with Crippen LogP contribution >= 0.6 is 0 Å². The van der Waals surface area contributed by atoms with E-state index in [2.05, 4.69) is 15.3 Å². The predicted molar refractivity (Wildman–Crippen MR) is 93.8 cm³/mol.